The number of hydrogen-bond acceptors (Lipinski definition) is 6. The minimum Gasteiger partial charge on any atom is -0.508 e. The molecule has 0 aliphatic rings. The Morgan fingerprint density at radius 1 is 0.761 bits per heavy atom. The molecule has 3 aromatic carbocycles. The van der Waals surface area contributed by atoms with E-state index < -0.39 is 35.8 Å². The van der Waals surface area contributed by atoms with Crippen molar-refractivity contribution < 1.29 is 24.3 Å². The summed E-state index contributed by atoms with van der Waals surface area (Å²) in [6.45, 7) is 2.02. The van der Waals surface area contributed by atoms with Crippen molar-refractivity contribution in [1.29, 1.82) is 0 Å². The average molecular weight is 627 g/mol. The monoisotopic (exact) mass is 626 g/mol. The molecule has 0 bridgehead atoms. The summed E-state index contributed by atoms with van der Waals surface area (Å²) in [5.41, 5.74) is 9.35. The lowest BCUT2D eigenvalue weighted by Gasteiger charge is -2.25. The van der Waals surface area contributed by atoms with Gasteiger partial charge in [0.15, 0.2) is 0 Å². The van der Waals surface area contributed by atoms with Crippen molar-refractivity contribution in [3.05, 3.63) is 102 Å². The fraction of sp³-hybridized carbons (Fsp3) is 0.314. The predicted octanol–water partition coefficient (Wildman–Crippen LogP) is 2.23. The third kappa shape index (κ3) is 9.93. The number of carbonyl (C=O) groups is 4. The van der Waals surface area contributed by atoms with Gasteiger partial charge in [-0.25, -0.2) is 0 Å². The Morgan fingerprint density at radius 3 is 2.04 bits per heavy atom. The Bertz CT molecular complexity index is 1600. The molecule has 46 heavy (non-hydrogen) atoms. The zero-order valence-corrected chi connectivity index (χ0v) is 25.9. The van der Waals surface area contributed by atoms with E-state index >= 15 is 0 Å². The third-order valence-corrected chi connectivity index (χ3v) is 7.68. The molecule has 11 heteroatoms. The van der Waals surface area contributed by atoms with Gasteiger partial charge in [-0.2, -0.15) is 0 Å². The zero-order valence-electron chi connectivity index (χ0n) is 25.9. The largest absolute Gasteiger partial charge is 0.508 e. The highest BCUT2D eigenvalue weighted by Crippen LogP contribution is 2.18. The van der Waals surface area contributed by atoms with Crippen LogP contribution in [0.1, 0.15) is 36.5 Å². The van der Waals surface area contributed by atoms with Crippen LogP contribution in [0, 0.1) is 0 Å². The number of nitrogens with two attached hydrogens (primary N) is 1. The highest BCUT2D eigenvalue weighted by atomic mass is 16.3. The number of H-pyrrole nitrogens is 1. The summed E-state index contributed by atoms with van der Waals surface area (Å²) in [6, 6.07) is 20.6. The van der Waals surface area contributed by atoms with Crippen molar-refractivity contribution >= 4 is 34.5 Å². The van der Waals surface area contributed by atoms with E-state index in [0.717, 1.165) is 22.0 Å². The van der Waals surface area contributed by atoms with Crippen LogP contribution in [0.15, 0.2) is 85.1 Å². The first-order valence-electron chi connectivity index (χ1n) is 15.5. The van der Waals surface area contributed by atoms with Crippen LogP contribution in [0.4, 0.5) is 0 Å². The number of phenolic OH excluding ortho intramolecular Hbond substituents is 1. The van der Waals surface area contributed by atoms with E-state index in [9.17, 15) is 24.3 Å². The van der Waals surface area contributed by atoms with Gasteiger partial charge in [-0.3, -0.25) is 19.2 Å². The first-order chi connectivity index (χ1) is 22.2. The fourth-order valence-corrected chi connectivity index (χ4v) is 5.30. The molecule has 4 amide bonds. The number of fused-ring (bicyclic) bond motifs is 1. The molecule has 11 nitrogen and oxygen atoms in total. The second-order valence-electron chi connectivity index (χ2n) is 11.3. The maximum absolute atomic E-state index is 13.8. The molecule has 0 fully saturated rings. The molecule has 8 N–H and O–H groups in total. The lowest BCUT2D eigenvalue weighted by atomic mass is 10.0. The van der Waals surface area contributed by atoms with Gasteiger partial charge in [0.25, 0.3) is 0 Å². The van der Waals surface area contributed by atoms with Crippen molar-refractivity contribution in [3.8, 4) is 5.75 Å². The van der Waals surface area contributed by atoms with Crippen LogP contribution in [-0.4, -0.2) is 64.9 Å². The summed E-state index contributed by atoms with van der Waals surface area (Å²) in [5.74, 6) is -1.75. The molecular formula is C35H42N6O5. The normalized spacial score (nSPS) is 12.9. The molecule has 0 radical (unpaired) electrons. The molecule has 0 saturated heterocycles. The standard InChI is InChI=1S/C35H42N6O5/c1-23(42)39-31(21-25-13-15-27(43)16-14-25)34(45)41-32(20-24-8-3-2-4-9-24)35(46)40-30(12-7-18-36)33(44)37-19-17-26-22-38-29-11-6-5-10-28(26)29/h2-6,8-11,13-16,22,30-32,38,43H,7,12,17-21,36H2,1H3,(H,37,44)(H,39,42)(H,40,46)(H,41,45)/t30-,31-,32+/m0/s1. The molecule has 4 aromatic rings. The van der Waals surface area contributed by atoms with Gasteiger partial charge >= 0.3 is 0 Å². The first-order valence-corrected chi connectivity index (χ1v) is 15.5. The highest BCUT2D eigenvalue weighted by Gasteiger charge is 2.29. The minimum atomic E-state index is -1.04. The Kier molecular flexibility index (Phi) is 12.3. The Balaban J connectivity index is 1.46. The molecule has 242 valence electrons. The number of amides is 4. The molecule has 1 aromatic heterocycles. The summed E-state index contributed by atoms with van der Waals surface area (Å²) in [7, 11) is 0. The smallest absolute Gasteiger partial charge is 0.243 e. The first kappa shape index (κ1) is 33.7. The number of hydrogen-bond donors (Lipinski definition) is 7. The number of aromatic hydroxyl groups is 1. The SMILES string of the molecule is CC(=O)N[C@@H](Cc1ccc(O)cc1)C(=O)N[C@H](Cc1ccccc1)C(=O)N[C@@H](CCCN)C(=O)NCCc1c[nH]c2ccccc12. The van der Waals surface area contributed by atoms with Gasteiger partial charge in [-0.15, -0.1) is 0 Å². The number of nitrogens with one attached hydrogen (secondary N) is 5. The van der Waals surface area contributed by atoms with E-state index in [1.807, 2.05) is 60.8 Å². The summed E-state index contributed by atoms with van der Waals surface area (Å²) >= 11 is 0. The van der Waals surface area contributed by atoms with E-state index in [2.05, 4.69) is 26.3 Å². The lowest BCUT2D eigenvalue weighted by molar-refractivity contribution is -0.133. The number of rotatable bonds is 16. The summed E-state index contributed by atoms with van der Waals surface area (Å²) in [6.07, 6.45) is 3.67. The Labute approximate surface area is 268 Å². The van der Waals surface area contributed by atoms with Crippen molar-refractivity contribution in [3.63, 3.8) is 0 Å². The van der Waals surface area contributed by atoms with Gasteiger partial charge < -0.3 is 37.1 Å². The van der Waals surface area contributed by atoms with Crippen LogP contribution >= 0.6 is 0 Å². The summed E-state index contributed by atoms with van der Waals surface area (Å²) in [5, 5.41) is 22.0. The van der Waals surface area contributed by atoms with Crippen LogP contribution in [0.25, 0.3) is 10.9 Å². The van der Waals surface area contributed by atoms with E-state index in [1.54, 1.807) is 12.1 Å². The second-order valence-corrected chi connectivity index (χ2v) is 11.3. The van der Waals surface area contributed by atoms with Crippen LogP contribution < -0.4 is 27.0 Å². The fourth-order valence-electron chi connectivity index (χ4n) is 5.30. The van der Waals surface area contributed by atoms with Gasteiger partial charge in [-0.05, 0) is 60.7 Å². The second kappa shape index (κ2) is 16.8. The van der Waals surface area contributed by atoms with Crippen LogP contribution in [-0.2, 0) is 38.4 Å². The van der Waals surface area contributed by atoms with Crippen molar-refractivity contribution in [2.24, 2.45) is 5.73 Å². The van der Waals surface area contributed by atoms with Gasteiger partial charge in [0.2, 0.25) is 23.6 Å². The quantitative estimate of drug-likeness (QED) is 0.100. The molecule has 4 rings (SSSR count). The Morgan fingerprint density at radius 2 is 1.37 bits per heavy atom. The molecule has 1 heterocycles. The molecule has 0 aliphatic carbocycles. The van der Waals surface area contributed by atoms with Crippen LogP contribution in [0.5, 0.6) is 5.75 Å². The topological polar surface area (TPSA) is 178 Å². The highest BCUT2D eigenvalue weighted by molar-refractivity contribution is 5.94. The van der Waals surface area contributed by atoms with E-state index in [0.29, 0.717) is 37.9 Å². The van der Waals surface area contributed by atoms with E-state index in [4.69, 9.17) is 5.73 Å². The van der Waals surface area contributed by atoms with Gasteiger partial charge in [-0.1, -0.05) is 60.7 Å². The predicted molar refractivity (Wildman–Crippen MR) is 177 cm³/mol. The van der Waals surface area contributed by atoms with Crippen molar-refractivity contribution in [2.75, 3.05) is 13.1 Å². The van der Waals surface area contributed by atoms with Crippen LogP contribution in [0.2, 0.25) is 0 Å². The maximum atomic E-state index is 13.8. The molecule has 0 saturated carbocycles. The summed E-state index contributed by atoms with van der Waals surface area (Å²) < 4.78 is 0. The molecule has 3 atom stereocenters. The third-order valence-electron chi connectivity index (χ3n) is 7.68. The molecule has 0 unspecified atom stereocenters. The van der Waals surface area contributed by atoms with Gasteiger partial charge in [0, 0.05) is 43.4 Å². The lowest BCUT2D eigenvalue weighted by Crippen LogP contribution is -2.57. The molecular weight excluding hydrogens is 584 g/mol. The summed E-state index contributed by atoms with van der Waals surface area (Å²) in [4.78, 5) is 55.8. The van der Waals surface area contributed by atoms with Crippen molar-refractivity contribution in [2.45, 2.75) is 57.2 Å². The van der Waals surface area contributed by atoms with Crippen LogP contribution in [0.3, 0.4) is 0 Å². The van der Waals surface area contributed by atoms with Gasteiger partial charge in [0.05, 0.1) is 0 Å². The number of benzene rings is 3. The van der Waals surface area contributed by atoms with E-state index in [-0.39, 0.29) is 24.5 Å². The number of carbonyl (C=O) groups excluding carboxylic acids is 4. The average Bonchev–Trinajstić information content (AvgIpc) is 3.46. The van der Waals surface area contributed by atoms with Gasteiger partial charge in [0.1, 0.15) is 23.9 Å². The Hall–Kier alpha value is -5.16. The van der Waals surface area contributed by atoms with E-state index in [1.165, 1.54) is 19.1 Å². The number of para-hydroxylation sites is 1. The minimum absolute atomic E-state index is 0.0788. The number of aromatic amines is 1. The molecule has 0 aliphatic heterocycles. The maximum Gasteiger partial charge on any atom is 0.243 e. The van der Waals surface area contributed by atoms with Crippen molar-refractivity contribution in [1.82, 2.24) is 26.3 Å². The zero-order chi connectivity index (χ0) is 32.9. The molecule has 0 spiro atoms. The number of phenols is 1. The number of aromatic nitrogens is 1.